The second-order valence-corrected chi connectivity index (χ2v) is 5.07. The van der Waals surface area contributed by atoms with Crippen LogP contribution in [0.1, 0.15) is 22.7 Å². The fourth-order valence-electron chi connectivity index (χ4n) is 1.95. The van der Waals surface area contributed by atoms with Crippen LogP contribution in [0.4, 0.5) is 13.2 Å². The number of rotatable bonds is 2. The average Bonchev–Trinajstić information content (AvgIpc) is 2.40. The maximum atomic E-state index is 13.0. The van der Waals surface area contributed by atoms with Gasteiger partial charge in [-0.3, -0.25) is 0 Å². The second-order valence-electron chi connectivity index (χ2n) is 4.23. The van der Waals surface area contributed by atoms with E-state index >= 15 is 0 Å². The molecule has 0 aliphatic rings. The van der Waals surface area contributed by atoms with Crippen molar-refractivity contribution in [2.24, 2.45) is 5.73 Å². The third kappa shape index (κ3) is 3.08. The van der Waals surface area contributed by atoms with Crippen molar-refractivity contribution in [2.45, 2.75) is 12.2 Å². The van der Waals surface area contributed by atoms with Gasteiger partial charge in [0.05, 0.1) is 11.6 Å². The summed E-state index contributed by atoms with van der Waals surface area (Å²) in [4.78, 5) is 0. The molecular formula is C14H10Cl2F3N. The van der Waals surface area contributed by atoms with Gasteiger partial charge in [0.15, 0.2) is 0 Å². The minimum Gasteiger partial charge on any atom is -0.320 e. The Hall–Kier alpha value is -1.23. The van der Waals surface area contributed by atoms with E-state index in [2.05, 4.69) is 0 Å². The number of hydrogen-bond donors (Lipinski definition) is 1. The Morgan fingerprint density at radius 1 is 0.950 bits per heavy atom. The second kappa shape index (κ2) is 5.64. The van der Waals surface area contributed by atoms with Gasteiger partial charge in [-0.05, 0) is 35.4 Å². The lowest BCUT2D eigenvalue weighted by Gasteiger charge is -2.19. The third-order valence-corrected chi connectivity index (χ3v) is 3.47. The van der Waals surface area contributed by atoms with Crippen molar-refractivity contribution in [3.05, 3.63) is 69.2 Å². The molecule has 2 rings (SSSR count). The zero-order valence-corrected chi connectivity index (χ0v) is 11.6. The largest absolute Gasteiger partial charge is 0.416 e. The zero-order chi connectivity index (χ0) is 14.9. The molecule has 0 heterocycles. The number of benzene rings is 2. The van der Waals surface area contributed by atoms with E-state index in [9.17, 15) is 13.2 Å². The molecule has 0 aliphatic carbocycles. The lowest BCUT2D eigenvalue weighted by Crippen LogP contribution is -2.18. The van der Waals surface area contributed by atoms with E-state index in [0.29, 0.717) is 10.6 Å². The van der Waals surface area contributed by atoms with Crippen LogP contribution in [-0.4, -0.2) is 0 Å². The summed E-state index contributed by atoms with van der Waals surface area (Å²) in [6.45, 7) is 0. The molecule has 6 heteroatoms. The highest BCUT2D eigenvalue weighted by atomic mass is 35.5. The van der Waals surface area contributed by atoms with Crippen LogP contribution in [0.15, 0.2) is 42.5 Å². The quantitative estimate of drug-likeness (QED) is 0.822. The standard InChI is InChI=1S/C14H10Cl2F3N/c15-8-5-6-12(16)10(7-8)13(20)9-3-1-2-4-11(9)14(17,18)19/h1-7,13H,20H2. The molecule has 0 saturated carbocycles. The maximum Gasteiger partial charge on any atom is 0.416 e. The van der Waals surface area contributed by atoms with Crippen LogP contribution < -0.4 is 5.73 Å². The fourth-order valence-corrected chi connectivity index (χ4v) is 2.36. The van der Waals surface area contributed by atoms with Gasteiger partial charge in [-0.25, -0.2) is 0 Å². The first-order valence-electron chi connectivity index (χ1n) is 5.67. The Balaban J connectivity index is 2.54. The molecule has 20 heavy (non-hydrogen) atoms. The van der Waals surface area contributed by atoms with Gasteiger partial charge in [0.1, 0.15) is 0 Å². The first-order valence-corrected chi connectivity index (χ1v) is 6.43. The lowest BCUT2D eigenvalue weighted by molar-refractivity contribution is -0.138. The third-order valence-electron chi connectivity index (χ3n) is 2.89. The van der Waals surface area contributed by atoms with Crippen molar-refractivity contribution >= 4 is 23.2 Å². The van der Waals surface area contributed by atoms with Gasteiger partial charge in [-0.1, -0.05) is 41.4 Å². The Morgan fingerprint density at radius 2 is 1.60 bits per heavy atom. The first-order chi connectivity index (χ1) is 9.30. The van der Waals surface area contributed by atoms with Gasteiger partial charge in [-0.15, -0.1) is 0 Å². The van der Waals surface area contributed by atoms with E-state index in [1.54, 1.807) is 6.07 Å². The molecule has 1 atom stereocenters. The summed E-state index contributed by atoms with van der Waals surface area (Å²) in [5.74, 6) is 0. The lowest BCUT2D eigenvalue weighted by atomic mass is 9.95. The van der Waals surface area contributed by atoms with Gasteiger partial charge in [0, 0.05) is 10.0 Å². The predicted octanol–water partition coefficient (Wildman–Crippen LogP) is 5.06. The van der Waals surface area contributed by atoms with Crippen LogP contribution >= 0.6 is 23.2 Å². The molecule has 0 saturated heterocycles. The summed E-state index contributed by atoms with van der Waals surface area (Å²) in [5.41, 5.74) is 5.49. The zero-order valence-electron chi connectivity index (χ0n) is 10.1. The van der Waals surface area contributed by atoms with Crippen LogP contribution in [0.5, 0.6) is 0 Å². The molecule has 0 radical (unpaired) electrons. The van der Waals surface area contributed by atoms with E-state index in [0.717, 1.165) is 6.07 Å². The van der Waals surface area contributed by atoms with Gasteiger partial charge in [-0.2, -0.15) is 13.2 Å². The Morgan fingerprint density at radius 3 is 2.25 bits per heavy atom. The Bertz CT molecular complexity index is 626. The average molecular weight is 320 g/mol. The summed E-state index contributed by atoms with van der Waals surface area (Å²) in [7, 11) is 0. The molecule has 2 N–H and O–H groups in total. The summed E-state index contributed by atoms with van der Waals surface area (Å²) in [5, 5.41) is 0.642. The monoisotopic (exact) mass is 319 g/mol. The molecule has 2 aromatic carbocycles. The molecule has 0 amide bonds. The number of alkyl halides is 3. The van der Waals surface area contributed by atoms with Crippen LogP contribution in [0.2, 0.25) is 10.0 Å². The van der Waals surface area contributed by atoms with E-state index in [4.69, 9.17) is 28.9 Å². The molecule has 0 fully saturated rings. The van der Waals surface area contributed by atoms with Crippen molar-refractivity contribution in [3.8, 4) is 0 Å². The molecule has 1 unspecified atom stereocenters. The highest BCUT2D eigenvalue weighted by molar-refractivity contribution is 6.33. The summed E-state index contributed by atoms with van der Waals surface area (Å²) < 4.78 is 39.0. The minimum atomic E-state index is -4.47. The Labute approximate surface area is 124 Å². The van der Waals surface area contributed by atoms with Crippen LogP contribution in [-0.2, 0) is 6.18 Å². The van der Waals surface area contributed by atoms with Crippen LogP contribution in [0.25, 0.3) is 0 Å². The highest BCUT2D eigenvalue weighted by Gasteiger charge is 2.34. The van der Waals surface area contributed by atoms with Crippen molar-refractivity contribution in [2.75, 3.05) is 0 Å². The smallest absolute Gasteiger partial charge is 0.320 e. The van der Waals surface area contributed by atoms with Crippen molar-refractivity contribution in [1.82, 2.24) is 0 Å². The molecule has 2 aromatic rings. The van der Waals surface area contributed by atoms with Crippen molar-refractivity contribution in [3.63, 3.8) is 0 Å². The van der Waals surface area contributed by atoms with Gasteiger partial charge < -0.3 is 5.73 Å². The van der Waals surface area contributed by atoms with E-state index in [-0.39, 0.29) is 10.6 Å². The van der Waals surface area contributed by atoms with Crippen molar-refractivity contribution in [1.29, 1.82) is 0 Å². The van der Waals surface area contributed by atoms with Crippen LogP contribution in [0, 0.1) is 0 Å². The van der Waals surface area contributed by atoms with Gasteiger partial charge in [0.25, 0.3) is 0 Å². The maximum absolute atomic E-state index is 13.0. The van der Waals surface area contributed by atoms with Crippen molar-refractivity contribution < 1.29 is 13.2 Å². The van der Waals surface area contributed by atoms with E-state index in [1.165, 1.54) is 30.3 Å². The minimum absolute atomic E-state index is 0.0378. The molecule has 0 bridgehead atoms. The molecule has 0 aliphatic heterocycles. The summed E-state index contributed by atoms with van der Waals surface area (Å²) in [6, 6.07) is 8.69. The van der Waals surface area contributed by atoms with E-state index in [1.807, 2.05) is 0 Å². The number of hydrogen-bond acceptors (Lipinski definition) is 1. The molecule has 1 nitrogen and oxygen atoms in total. The first kappa shape index (κ1) is 15.2. The summed E-state index contributed by atoms with van der Waals surface area (Å²) in [6.07, 6.45) is -4.47. The topological polar surface area (TPSA) is 26.0 Å². The normalized spacial score (nSPS) is 13.3. The summed E-state index contributed by atoms with van der Waals surface area (Å²) >= 11 is 11.8. The van der Waals surface area contributed by atoms with E-state index < -0.39 is 17.8 Å². The predicted molar refractivity (Wildman–Crippen MR) is 73.9 cm³/mol. The number of nitrogens with two attached hydrogens (primary N) is 1. The Kier molecular flexibility index (Phi) is 4.28. The molecule has 0 aromatic heterocycles. The van der Waals surface area contributed by atoms with Gasteiger partial charge in [0.2, 0.25) is 0 Å². The SMILES string of the molecule is NC(c1cc(Cl)ccc1Cl)c1ccccc1C(F)(F)F. The molecule has 0 spiro atoms. The molecular weight excluding hydrogens is 310 g/mol. The van der Waals surface area contributed by atoms with Gasteiger partial charge >= 0.3 is 6.18 Å². The molecule has 106 valence electrons. The fraction of sp³-hybridized carbons (Fsp3) is 0.143. The van der Waals surface area contributed by atoms with Crippen LogP contribution in [0.3, 0.4) is 0 Å². The number of halogens is 5. The highest BCUT2D eigenvalue weighted by Crippen LogP contribution is 2.37.